The zero-order valence-electron chi connectivity index (χ0n) is 13.1. The van der Waals surface area contributed by atoms with Gasteiger partial charge in [-0.15, -0.1) is 0 Å². The van der Waals surface area contributed by atoms with Gasteiger partial charge in [0.05, 0.1) is 16.0 Å². The largest absolute Gasteiger partial charge is 0.357 e. The van der Waals surface area contributed by atoms with Gasteiger partial charge in [-0.25, -0.2) is 9.97 Å². The lowest BCUT2D eigenvalue weighted by Gasteiger charge is -2.31. The lowest BCUT2D eigenvalue weighted by molar-refractivity contribution is -0.385. The van der Waals surface area contributed by atoms with Crippen LogP contribution in [0.4, 0.5) is 11.5 Å². The van der Waals surface area contributed by atoms with Crippen LogP contribution in [0, 0.1) is 10.1 Å². The molecule has 1 aliphatic heterocycles. The highest BCUT2D eigenvalue weighted by Crippen LogP contribution is 2.29. The normalized spacial score (nSPS) is 15.8. The molecule has 0 radical (unpaired) electrons. The van der Waals surface area contributed by atoms with Gasteiger partial charge in [-0.05, 0) is 31.0 Å². The zero-order valence-corrected chi connectivity index (χ0v) is 13.1. The first-order valence-corrected chi connectivity index (χ1v) is 8.01. The molecule has 3 heterocycles. The fraction of sp³-hybridized carbons (Fsp3) is 0.294. The van der Waals surface area contributed by atoms with E-state index in [1.165, 1.54) is 12.3 Å². The van der Waals surface area contributed by atoms with Crippen LogP contribution in [-0.2, 0) is 0 Å². The van der Waals surface area contributed by atoms with Crippen LogP contribution < -0.4 is 4.90 Å². The third kappa shape index (κ3) is 2.68. The standard InChI is InChI=1S/C17H17N5O2/c23-22(24)13-5-6-16(18-11-13)21-9-7-12(8-10-21)17-19-14-3-1-2-4-15(14)20-17/h1-6,11-12H,7-10H2,(H,19,20). The van der Waals surface area contributed by atoms with Crippen molar-refractivity contribution in [2.24, 2.45) is 0 Å². The molecule has 1 saturated heterocycles. The number of hydrogen-bond donors (Lipinski definition) is 1. The summed E-state index contributed by atoms with van der Waals surface area (Å²) >= 11 is 0. The van der Waals surface area contributed by atoms with E-state index in [0.29, 0.717) is 5.92 Å². The average Bonchev–Trinajstić information content (AvgIpc) is 3.06. The van der Waals surface area contributed by atoms with Crippen molar-refractivity contribution in [2.75, 3.05) is 18.0 Å². The number of pyridine rings is 1. The number of piperidine rings is 1. The van der Waals surface area contributed by atoms with E-state index in [0.717, 1.165) is 48.6 Å². The van der Waals surface area contributed by atoms with E-state index in [1.807, 2.05) is 24.3 Å². The maximum absolute atomic E-state index is 10.7. The van der Waals surface area contributed by atoms with Crippen LogP contribution in [0.25, 0.3) is 11.0 Å². The number of nitrogens with one attached hydrogen (secondary N) is 1. The third-order valence-corrected chi connectivity index (χ3v) is 4.56. The molecule has 0 aliphatic carbocycles. The number of hydrogen-bond acceptors (Lipinski definition) is 5. The van der Waals surface area contributed by atoms with Crippen LogP contribution in [0.2, 0.25) is 0 Å². The predicted octanol–water partition coefficient (Wildman–Crippen LogP) is 3.25. The third-order valence-electron chi connectivity index (χ3n) is 4.56. The van der Waals surface area contributed by atoms with Crippen LogP contribution in [0.5, 0.6) is 0 Å². The highest BCUT2D eigenvalue weighted by Gasteiger charge is 2.24. The van der Waals surface area contributed by atoms with Crippen molar-refractivity contribution in [3.63, 3.8) is 0 Å². The Morgan fingerprint density at radius 2 is 1.96 bits per heavy atom. The molecule has 7 heteroatoms. The molecular formula is C17H17N5O2. The van der Waals surface area contributed by atoms with Crippen molar-refractivity contribution in [1.82, 2.24) is 15.0 Å². The number of anilines is 1. The summed E-state index contributed by atoms with van der Waals surface area (Å²) in [5.74, 6) is 2.25. The van der Waals surface area contributed by atoms with Crippen LogP contribution in [0.1, 0.15) is 24.6 Å². The number of fused-ring (bicyclic) bond motifs is 1. The summed E-state index contributed by atoms with van der Waals surface area (Å²) in [6.07, 6.45) is 3.29. The van der Waals surface area contributed by atoms with E-state index in [1.54, 1.807) is 6.07 Å². The summed E-state index contributed by atoms with van der Waals surface area (Å²) in [5, 5.41) is 10.7. The molecule has 1 fully saturated rings. The molecule has 2 aromatic heterocycles. The Bertz CT molecular complexity index is 833. The molecule has 3 aromatic rings. The Balaban J connectivity index is 1.45. The lowest BCUT2D eigenvalue weighted by atomic mass is 9.96. The van der Waals surface area contributed by atoms with Crippen molar-refractivity contribution in [1.29, 1.82) is 0 Å². The van der Waals surface area contributed by atoms with Gasteiger partial charge in [-0.1, -0.05) is 12.1 Å². The number of aromatic nitrogens is 3. The number of para-hydroxylation sites is 2. The Hall–Kier alpha value is -2.96. The van der Waals surface area contributed by atoms with Gasteiger partial charge >= 0.3 is 0 Å². The predicted molar refractivity (Wildman–Crippen MR) is 91.2 cm³/mol. The zero-order chi connectivity index (χ0) is 16.5. The van der Waals surface area contributed by atoms with Crippen molar-refractivity contribution >= 4 is 22.5 Å². The molecule has 122 valence electrons. The van der Waals surface area contributed by atoms with Crippen molar-refractivity contribution in [3.05, 3.63) is 58.5 Å². The molecule has 0 saturated carbocycles. The molecular weight excluding hydrogens is 306 g/mol. The first-order valence-electron chi connectivity index (χ1n) is 8.01. The van der Waals surface area contributed by atoms with Gasteiger partial charge in [0, 0.05) is 25.1 Å². The van der Waals surface area contributed by atoms with Gasteiger partial charge in [0.1, 0.15) is 17.8 Å². The molecule has 7 nitrogen and oxygen atoms in total. The number of H-pyrrole nitrogens is 1. The Morgan fingerprint density at radius 3 is 2.62 bits per heavy atom. The summed E-state index contributed by atoms with van der Waals surface area (Å²) in [5.41, 5.74) is 2.11. The van der Waals surface area contributed by atoms with Crippen molar-refractivity contribution < 1.29 is 4.92 Å². The van der Waals surface area contributed by atoms with Crippen LogP contribution >= 0.6 is 0 Å². The second-order valence-corrected chi connectivity index (χ2v) is 6.03. The topological polar surface area (TPSA) is 88.0 Å². The molecule has 1 N–H and O–H groups in total. The van der Waals surface area contributed by atoms with Gasteiger partial charge in [-0.2, -0.15) is 0 Å². The van der Waals surface area contributed by atoms with Crippen molar-refractivity contribution in [3.8, 4) is 0 Å². The van der Waals surface area contributed by atoms with E-state index in [9.17, 15) is 10.1 Å². The molecule has 1 aromatic carbocycles. The van der Waals surface area contributed by atoms with Gasteiger partial charge < -0.3 is 9.88 Å². The molecule has 0 amide bonds. The maximum atomic E-state index is 10.7. The summed E-state index contributed by atoms with van der Waals surface area (Å²) in [6, 6.07) is 11.3. The SMILES string of the molecule is O=[N+]([O-])c1ccc(N2CCC(c3nc4ccccc4[nH]3)CC2)nc1. The summed E-state index contributed by atoms with van der Waals surface area (Å²) in [7, 11) is 0. The van der Waals surface area contributed by atoms with Gasteiger partial charge in [-0.3, -0.25) is 10.1 Å². The molecule has 0 bridgehead atoms. The van der Waals surface area contributed by atoms with E-state index in [2.05, 4.69) is 14.9 Å². The maximum Gasteiger partial charge on any atom is 0.287 e. The van der Waals surface area contributed by atoms with E-state index >= 15 is 0 Å². The quantitative estimate of drug-likeness (QED) is 0.590. The fourth-order valence-electron chi connectivity index (χ4n) is 3.22. The lowest BCUT2D eigenvalue weighted by Crippen LogP contribution is -2.33. The minimum Gasteiger partial charge on any atom is -0.357 e. The van der Waals surface area contributed by atoms with Crippen LogP contribution in [-0.4, -0.2) is 33.0 Å². The molecule has 24 heavy (non-hydrogen) atoms. The minimum absolute atomic E-state index is 0.0240. The smallest absolute Gasteiger partial charge is 0.287 e. The molecule has 0 spiro atoms. The number of imidazole rings is 1. The average molecular weight is 323 g/mol. The second kappa shape index (κ2) is 5.92. The molecule has 1 aliphatic rings. The molecule has 4 rings (SSSR count). The fourth-order valence-corrected chi connectivity index (χ4v) is 3.22. The van der Waals surface area contributed by atoms with Gasteiger partial charge in [0.2, 0.25) is 0 Å². The Labute approximate surface area is 138 Å². The second-order valence-electron chi connectivity index (χ2n) is 6.03. The highest BCUT2D eigenvalue weighted by molar-refractivity contribution is 5.74. The van der Waals surface area contributed by atoms with Crippen LogP contribution in [0.3, 0.4) is 0 Å². The Kier molecular flexibility index (Phi) is 3.60. The first-order chi connectivity index (χ1) is 11.7. The van der Waals surface area contributed by atoms with Gasteiger partial charge in [0.15, 0.2) is 0 Å². The first kappa shape index (κ1) is 14.6. The molecule has 0 unspecified atom stereocenters. The Morgan fingerprint density at radius 1 is 1.17 bits per heavy atom. The number of benzene rings is 1. The number of nitrogens with zero attached hydrogens (tertiary/aromatic N) is 4. The summed E-state index contributed by atoms with van der Waals surface area (Å²) in [6.45, 7) is 1.74. The summed E-state index contributed by atoms with van der Waals surface area (Å²) < 4.78 is 0. The van der Waals surface area contributed by atoms with E-state index in [-0.39, 0.29) is 5.69 Å². The molecule has 0 atom stereocenters. The minimum atomic E-state index is -0.426. The number of aromatic amines is 1. The number of nitro groups is 1. The van der Waals surface area contributed by atoms with Crippen LogP contribution in [0.15, 0.2) is 42.6 Å². The van der Waals surface area contributed by atoms with Gasteiger partial charge in [0.25, 0.3) is 5.69 Å². The van der Waals surface area contributed by atoms with Crippen molar-refractivity contribution in [2.45, 2.75) is 18.8 Å². The summed E-state index contributed by atoms with van der Waals surface area (Å²) in [4.78, 5) is 24.8. The highest BCUT2D eigenvalue weighted by atomic mass is 16.6. The monoisotopic (exact) mass is 323 g/mol. The number of rotatable bonds is 3. The van der Waals surface area contributed by atoms with E-state index < -0.39 is 4.92 Å². The van der Waals surface area contributed by atoms with E-state index in [4.69, 9.17) is 4.98 Å².